The summed E-state index contributed by atoms with van der Waals surface area (Å²) in [4.78, 5) is 26.3. The van der Waals surface area contributed by atoms with E-state index >= 15 is 0 Å². The Morgan fingerprint density at radius 3 is 2.92 bits per heavy atom. The minimum absolute atomic E-state index is 0.101. The molecule has 0 saturated heterocycles. The molecule has 0 unspecified atom stereocenters. The van der Waals surface area contributed by atoms with Crippen molar-refractivity contribution in [2.75, 3.05) is 13.2 Å². The molecule has 26 heavy (non-hydrogen) atoms. The summed E-state index contributed by atoms with van der Waals surface area (Å²) in [6.45, 7) is 0.757. The second kappa shape index (κ2) is 6.43. The van der Waals surface area contributed by atoms with Gasteiger partial charge >= 0.3 is 5.76 Å². The number of aliphatic hydroxyl groups is 2. The molecule has 1 atom stereocenters. The monoisotopic (exact) mass is 358 g/mol. The number of aromatic nitrogens is 3. The maximum Gasteiger partial charge on any atom is 0.420 e. The summed E-state index contributed by atoms with van der Waals surface area (Å²) in [6.07, 6.45) is -1.03. The Hall–Kier alpha value is -2.91. The lowest BCUT2D eigenvalue weighted by atomic mass is 10.2. The van der Waals surface area contributed by atoms with Crippen molar-refractivity contribution in [3.05, 3.63) is 52.3 Å². The van der Waals surface area contributed by atoms with E-state index in [-0.39, 0.29) is 12.5 Å². The van der Waals surface area contributed by atoms with Gasteiger partial charge in [-0.05, 0) is 18.2 Å². The van der Waals surface area contributed by atoms with Gasteiger partial charge in [-0.25, -0.2) is 4.79 Å². The van der Waals surface area contributed by atoms with Crippen molar-refractivity contribution >= 4 is 17.0 Å². The Bertz CT molecular complexity index is 1020. The molecule has 2 N–H and O–H groups in total. The zero-order valence-corrected chi connectivity index (χ0v) is 13.9. The van der Waals surface area contributed by atoms with Crippen molar-refractivity contribution in [3.8, 4) is 0 Å². The van der Waals surface area contributed by atoms with Gasteiger partial charge in [0.05, 0.1) is 36.6 Å². The number of nitrogens with zero attached hydrogens (tertiary/aromatic N) is 4. The van der Waals surface area contributed by atoms with Crippen LogP contribution in [0.15, 0.2) is 39.5 Å². The summed E-state index contributed by atoms with van der Waals surface area (Å²) in [5.41, 5.74) is 2.19. The van der Waals surface area contributed by atoms with Crippen molar-refractivity contribution in [2.45, 2.75) is 25.7 Å². The van der Waals surface area contributed by atoms with Crippen molar-refractivity contribution < 1.29 is 19.4 Å². The molecule has 0 saturated carbocycles. The van der Waals surface area contributed by atoms with Crippen LogP contribution >= 0.6 is 0 Å². The molecular formula is C17H18N4O5. The molecule has 9 heteroatoms. The number of fused-ring (bicyclic) bond motifs is 2. The van der Waals surface area contributed by atoms with E-state index in [0.717, 1.165) is 5.69 Å². The van der Waals surface area contributed by atoms with Crippen LogP contribution in [0.5, 0.6) is 0 Å². The molecule has 3 heterocycles. The quantitative estimate of drug-likeness (QED) is 0.671. The smallest absolute Gasteiger partial charge is 0.408 e. The highest BCUT2D eigenvalue weighted by atomic mass is 16.4. The lowest BCUT2D eigenvalue weighted by Gasteiger charge is -2.27. The minimum atomic E-state index is -1.03. The summed E-state index contributed by atoms with van der Waals surface area (Å²) in [5, 5.41) is 23.0. The molecule has 1 amide bonds. The minimum Gasteiger partial charge on any atom is -0.408 e. The maximum absolute atomic E-state index is 12.7. The highest BCUT2D eigenvalue weighted by Gasteiger charge is 2.25. The molecular weight excluding hydrogens is 340 g/mol. The molecule has 0 spiro atoms. The third-order valence-electron chi connectivity index (χ3n) is 4.55. The molecule has 2 aromatic heterocycles. The SMILES string of the molecule is O=C(Cn1c(=O)oc2ccccc21)N1CCn2nc([C@H](O)CO)cc2C1. The van der Waals surface area contributed by atoms with Gasteiger partial charge in [0.25, 0.3) is 0 Å². The van der Waals surface area contributed by atoms with Crippen LogP contribution in [0, 0.1) is 0 Å². The number of carbonyl (C=O) groups is 1. The first-order valence-corrected chi connectivity index (χ1v) is 8.28. The Morgan fingerprint density at radius 1 is 1.31 bits per heavy atom. The second-order valence-electron chi connectivity index (χ2n) is 6.22. The van der Waals surface area contributed by atoms with Crippen molar-refractivity contribution in [2.24, 2.45) is 0 Å². The normalized spacial score (nSPS) is 15.2. The van der Waals surface area contributed by atoms with Gasteiger partial charge in [-0.1, -0.05) is 12.1 Å². The van der Waals surface area contributed by atoms with E-state index in [1.807, 2.05) is 0 Å². The number of hydrogen-bond acceptors (Lipinski definition) is 6. The molecule has 0 bridgehead atoms. The van der Waals surface area contributed by atoms with Crippen molar-refractivity contribution in [1.29, 1.82) is 0 Å². The van der Waals surface area contributed by atoms with Crippen LogP contribution in [0.25, 0.3) is 11.1 Å². The van der Waals surface area contributed by atoms with E-state index < -0.39 is 18.5 Å². The van der Waals surface area contributed by atoms with E-state index in [2.05, 4.69) is 5.10 Å². The Balaban J connectivity index is 1.53. The standard InChI is InChI=1S/C17H18N4O5/c22-10-14(23)12-7-11-8-19(5-6-21(11)18-12)16(24)9-20-13-3-1-2-4-15(13)26-17(20)25/h1-4,7,14,22-23H,5-6,8-10H2/t14-/m1/s1. The Kier molecular flexibility index (Phi) is 4.09. The number of amides is 1. The van der Waals surface area contributed by atoms with Crippen LogP contribution in [0.1, 0.15) is 17.5 Å². The third-order valence-corrected chi connectivity index (χ3v) is 4.55. The molecule has 1 aromatic carbocycles. The molecule has 0 aliphatic carbocycles. The summed E-state index contributed by atoms with van der Waals surface area (Å²) in [7, 11) is 0. The van der Waals surface area contributed by atoms with E-state index in [1.54, 1.807) is 39.9 Å². The average molecular weight is 358 g/mol. The van der Waals surface area contributed by atoms with Gasteiger partial charge in [0.2, 0.25) is 5.91 Å². The number of para-hydroxylation sites is 2. The van der Waals surface area contributed by atoms with Crippen LogP contribution < -0.4 is 5.76 Å². The molecule has 136 valence electrons. The molecule has 4 rings (SSSR count). The topological polar surface area (TPSA) is 114 Å². The summed E-state index contributed by atoms with van der Waals surface area (Å²) in [6, 6.07) is 8.65. The van der Waals surface area contributed by atoms with Crippen LogP contribution in [-0.2, 0) is 24.4 Å². The number of rotatable bonds is 4. The van der Waals surface area contributed by atoms with Crippen LogP contribution in [0.4, 0.5) is 0 Å². The fourth-order valence-corrected chi connectivity index (χ4v) is 3.16. The predicted molar refractivity (Wildman–Crippen MR) is 90.2 cm³/mol. The summed E-state index contributed by atoms with van der Waals surface area (Å²) < 4.78 is 8.20. The summed E-state index contributed by atoms with van der Waals surface area (Å²) in [5.74, 6) is -0.759. The van der Waals surface area contributed by atoms with Gasteiger partial charge in [0, 0.05) is 6.54 Å². The van der Waals surface area contributed by atoms with Gasteiger partial charge in [0.1, 0.15) is 12.6 Å². The van der Waals surface area contributed by atoms with Crippen molar-refractivity contribution in [3.63, 3.8) is 0 Å². The van der Waals surface area contributed by atoms with E-state index in [4.69, 9.17) is 9.52 Å². The lowest BCUT2D eigenvalue weighted by Crippen LogP contribution is -2.41. The fraction of sp³-hybridized carbons (Fsp3) is 0.353. The van der Waals surface area contributed by atoms with Crippen LogP contribution in [-0.4, -0.2) is 48.5 Å². The van der Waals surface area contributed by atoms with E-state index in [9.17, 15) is 14.7 Å². The zero-order chi connectivity index (χ0) is 18.3. The average Bonchev–Trinajstić information content (AvgIpc) is 3.21. The van der Waals surface area contributed by atoms with Gasteiger partial charge in [0.15, 0.2) is 5.58 Å². The summed E-state index contributed by atoms with van der Waals surface area (Å²) >= 11 is 0. The first-order valence-electron chi connectivity index (χ1n) is 8.28. The maximum atomic E-state index is 12.7. The fourth-order valence-electron chi connectivity index (χ4n) is 3.16. The lowest BCUT2D eigenvalue weighted by molar-refractivity contribution is -0.133. The number of hydrogen-bond donors (Lipinski definition) is 2. The molecule has 1 aliphatic rings. The Morgan fingerprint density at radius 2 is 2.12 bits per heavy atom. The third kappa shape index (κ3) is 2.80. The largest absolute Gasteiger partial charge is 0.420 e. The van der Waals surface area contributed by atoms with E-state index in [1.165, 1.54) is 4.57 Å². The van der Waals surface area contributed by atoms with Gasteiger partial charge < -0.3 is 19.5 Å². The van der Waals surface area contributed by atoms with Crippen molar-refractivity contribution in [1.82, 2.24) is 19.2 Å². The highest BCUT2D eigenvalue weighted by molar-refractivity contribution is 5.79. The predicted octanol–water partition coefficient (Wildman–Crippen LogP) is -0.141. The molecule has 0 fully saturated rings. The van der Waals surface area contributed by atoms with Crippen LogP contribution in [0.3, 0.4) is 0 Å². The number of aliphatic hydroxyl groups excluding tert-OH is 2. The number of oxazole rings is 1. The van der Waals surface area contributed by atoms with Gasteiger partial charge in [-0.2, -0.15) is 5.10 Å². The Labute approximate surface area is 147 Å². The molecule has 1 aliphatic heterocycles. The van der Waals surface area contributed by atoms with E-state index in [0.29, 0.717) is 36.4 Å². The first kappa shape index (κ1) is 16.6. The molecule has 0 radical (unpaired) electrons. The highest BCUT2D eigenvalue weighted by Crippen LogP contribution is 2.19. The second-order valence-corrected chi connectivity index (χ2v) is 6.22. The first-order chi connectivity index (χ1) is 12.6. The zero-order valence-electron chi connectivity index (χ0n) is 13.9. The van der Waals surface area contributed by atoms with Gasteiger partial charge in [-0.3, -0.25) is 14.0 Å². The molecule has 9 nitrogen and oxygen atoms in total. The number of benzene rings is 1. The van der Waals surface area contributed by atoms with Crippen LogP contribution in [0.2, 0.25) is 0 Å². The van der Waals surface area contributed by atoms with Gasteiger partial charge in [-0.15, -0.1) is 0 Å². The molecule has 3 aromatic rings. The number of carbonyl (C=O) groups excluding carboxylic acids is 1.